The van der Waals surface area contributed by atoms with Crippen molar-refractivity contribution in [1.29, 1.82) is 0 Å². The summed E-state index contributed by atoms with van der Waals surface area (Å²) in [6, 6.07) is 0. The number of carbonyl (C=O) groups excluding carboxylic acids is 8. The van der Waals surface area contributed by atoms with Crippen LogP contribution in [0.3, 0.4) is 0 Å². The Kier molecular flexibility index (Phi) is 12.9. The number of allylic oxidation sites excluding steroid dienone is 8. The number of nitrogens with one attached hydrogen (secondary N) is 1. The number of aldehydes is 1. The van der Waals surface area contributed by atoms with E-state index in [2.05, 4.69) is 5.32 Å². The summed E-state index contributed by atoms with van der Waals surface area (Å²) in [6.07, 6.45) is 9.07. The van der Waals surface area contributed by atoms with Crippen LogP contribution in [0.4, 0.5) is 4.39 Å². The van der Waals surface area contributed by atoms with E-state index in [0.717, 1.165) is 10.5 Å². The number of aliphatic hydroxyl groups excluding tert-OH is 2. The van der Waals surface area contributed by atoms with Gasteiger partial charge in [0.15, 0.2) is 30.1 Å². The minimum atomic E-state index is -2.22. The van der Waals surface area contributed by atoms with Gasteiger partial charge in [-0.25, -0.2) is 4.39 Å². The Balaban J connectivity index is 0.881. The Labute approximate surface area is 401 Å². The average Bonchev–Trinajstić information content (AvgIpc) is 3.68. The maximum atomic E-state index is 17.8. The van der Waals surface area contributed by atoms with Crippen molar-refractivity contribution in [3.8, 4) is 0 Å². The number of Topliss-reactive ketones (excluding diaryl/α,β-unsaturated/α-hetero) is 1. The quantitative estimate of drug-likeness (QED) is 0.132. The van der Waals surface area contributed by atoms with Crippen molar-refractivity contribution in [2.75, 3.05) is 33.4 Å². The van der Waals surface area contributed by atoms with Crippen LogP contribution < -0.4 is 5.32 Å². The van der Waals surface area contributed by atoms with E-state index in [0.29, 0.717) is 37.5 Å². The number of likely N-dealkylation sites (N-methyl/N-ethyl adjacent to an activating group) is 1. The second-order valence-electron chi connectivity index (χ2n) is 22.5. The Morgan fingerprint density at radius 2 is 1.57 bits per heavy atom. The van der Waals surface area contributed by atoms with Crippen LogP contribution in [-0.2, 0) is 47.8 Å². The molecule has 8 rings (SSSR count). The van der Waals surface area contributed by atoms with Crippen molar-refractivity contribution >= 4 is 47.4 Å². The highest BCUT2D eigenvalue weighted by Crippen LogP contribution is 2.72. The van der Waals surface area contributed by atoms with E-state index in [-0.39, 0.29) is 61.4 Å². The molecule has 0 aromatic heterocycles. The van der Waals surface area contributed by atoms with E-state index in [4.69, 9.17) is 9.47 Å². The predicted molar refractivity (Wildman–Crippen MR) is 243 cm³/mol. The molecule has 0 saturated heterocycles. The van der Waals surface area contributed by atoms with E-state index >= 15 is 4.39 Å². The number of aliphatic hydroxyl groups is 4. The lowest BCUT2D eigenvalue weighted by atomic mass is 9.44. The van der Waals surface area contributed by atoms with Crippen LogP contribution in [0.15, 0.2) is 47.6 Å². The van der Waals surface area contributed by atoms with E-state index in [1.807, 2.05) is 13.0 Å². The predicted octanol–water partition coefficient (Wildman–Crippen LogP) is 2.78. The van der Waals surface area contributed by atoms with E-state index in [9.17, 15) is 58.8 Å². The molecule has 376 valence electrons. The summed E-state index contributed by atoms with van der Waals surface area (Å²) in [5.74, 6) is -8.83. The molecule has 16 atom stereocenters. The van der Waals surface area contributed by atoms with E-state index < -0.39 is 137 Å². The molecule has 5 N–H and O–H groups in total. The van der Waals surface area contributed by atoms with Crippen LogP contribution in [0.2, 0.25) is 0 Å². The lowest BCUT2D eigenvalue weighted by molar-refractivity contribution is -0.233. The molecule has 8 aliphatic rings. The summed E-state index contributed by atoms with van der Waals surface area (Å²) < 4.78 is 28.3. The first-order chi connectivity index (χ1) is 32.3. The van der Waals surface area contributed by atoms with E-state index in [1.165, 1.54) is 31.4 Å². The molecule has 0 aliphatic heterocycles. The molecule has 0 spiro atoms. The van der Waals surface area contributed by atoms with Gasteiger partial charge in [0.2, 0.25) is 17.6 Å². The SMILES string of the molecule is C[C@@H]1CC2C3CCC4=CC(=O)C=C[C@]4(C)[C@@]3(F)[C@@H](O)C[C@]2(C)[C@]1(O)C(CC(=O)NCC(=O)N(C)CC(=O)OCC(=O)[C@@]1(O)CCC2C3CCC4=CC(=O)C=C[C@]4(C)C3[C@@H](O)C[C@@]21C)C(=O)OCC=O. The number of nitrogens with zero attached hydrogens (tertiary/aromatic N) is 1. The van der Waals surface area contributed by atoms with Crippen molar-refractivity contribution in [3.63, 3.8) is 0 Å². The number of amides is 2. The molecule has 0 radical (unpaired) electrons. The Morgan fingerprint density at radius 1 is 0.899 bits per heavy atom. The zero-order chi connectivity index (χ0) is 50.4. The van der Waals surface area contributed by atoms with Crippen LogP contribution in [0, 0.1) is 63.1 Å². The molecule has 0 bridgehead atoms. The normalized spacial score (nSPS) is 43.0. The molecule has 6 saturated carbocycles. The zero-order valence-electron chi connectivity index (χ0n) is 40.3. The second-order valence-corrected chi connectivity index (χ2v) is 22.5. The highest BCUT2D eigenvalue weighted by atomic mass is 19.1. The lowest BCUT2D eigenvalue weighted by Gasteiger charge is -2.63. The third-order valence-electron chi connectivity index (χ3n) is 19.5. The standard InChI is InChI=1S/C52H67FN2O14/c1-28-19-36-35-10-8-30-21-32(58)12-15-47(30,3)51(35,53)39(60)24-49(36,5)52(28,67)37(45(65)68-18-17-56)22-41(62)54-25-42(63)55(6)26-43(64)69-27-40(61)50(66)16-13-34-33-9-7-29-20-31(57)11-14-46(29,2)44(33)38(59)23-48(34,50)4/h11-12,14-15,17,20-21,28,33-39,44,59-60,66-67H,7-10,13,16,18-19,22-27H2,1-6H3,(H,54,62)/t28-,33?,34?,35?,36?,37?,38+,39+,44?,46+,47+,48+,49+,50+,51+,52-/m1/s1. The fourth-order valence-corrected chi connectivity index (χ4v) is 15.9. The largest absolute Gasteiger partial charge is 0.458 e. The molecule has 8 aliphatic carbocycles. The van der Waals surface area contributed by atoms with Gasteiger partial charge in [0.05, 0.1) is 30.3 Å². The summed E-state index contributed by atoms with van der Waals surface area (Å²) in [7, 11) is 1.27. The molecule has 2 amide bonds. The van der Waals surface area contributed by atoms with Crippen molar-refractivity contribution in [1.82, 2.24) is 10.2 Å². The molecule has 16 nitrogen and oxygen atoms in total. The fraction of sp³-hybridized carbons (Fsp3) is 0.692. The Hall–Kier alpha value is -4.71. The van der Waals surface area contributed by atoms with Crippen LogP contribution in [0.5, 0.6) is 0 Å². The number of fused-ring (bicyclic) bond motifs is 10. The van der Waals surface area contributed by atoms with Crippen molar-refractivity contribution in [2.45, 2.75) is 128 Å². The summed E-state index contributed by atoms with van der Waals surface area (Å²) in [4.78, 5) is 104. The van der Waals surface area contributed by atoms with E-state index in [1.54, 1.807) is 33.8 Å². The van der Waals surface area contributed by atoms with Gasteiger partial charge in [-0.05, 0) is 113 Å². The summed E-state index contributed by atoms with van der Waals surface area (Å²) in [5.41, 5.74) is -8.83. The van der Waals surface area contributed by atoms with Crippen LogP contribution in [0.25, 0.3) is 0 Å². The monoisotopic (exact) mass is 962 g/mol. The number of ether oxygens (including phenoxy) is 2. The Morgan fingerprint density at radius 3 is 2.26 bits per heavy atom. The summed E-state index contributed by atoms with van der Waals surface area (Å²) >= 11 is 0. The van der Waals surface area contributed by atoms with Crippen LogP contribution in [0.1, 0.15) is 98.8 Å². The topological polar surface area (TPSA) is 251 Å². The summed E-state index contributed by atoms with van der Waals surface area (Å²) in [5, 5.41) is 50.9. The molecule has 6 fully saturated rings. The number of ketones is 3. The molecule has 0 aromatic carbocycles. The van der Waals surface area contributed by atoms with Gasteiger partial charge in [0.1, 0.15) is 18.8 Å². The minimum absolute atomic E-state index is 0.0295. The van der Waals surface area contributed by atoms with Crippen molar-refractivity contribution in [3.05, 3.63) is 47.6 Å². The molecule has 0 heterocycles. The van der Waals surface area contributed by atoms with Gasteiger partial charge in [-0.1, -0.05) is 51.0 Å². The molecule has 69 heavy (non-hydrogen) atoms. The molecule has 17 heteroatoms. The van der Waals surface area contributed by atoms with Gasteiger partial charge in [-0.15, -0.1) is 0 Å². The third kappa shape index (κ3) is 7.48. The molecular formula is C52H67FN2O14. The van der Waals surface area contributed by atoms with Gasteiger partial charge < -0.3 is 40.1 Å². The van der Waals surface area contributed by atoms with Crippen LogP contribution in [-0.4, -0.2) is 135 Å². The van der Waals surface area contributed by atoms with Crippen molar-refractivity contribution in [2.24, 2.45) is 63.1 Å². The Bertz CT molecular complexity index is 2360. The highest BCUT2D eigenvalue weighted by molar-refractivity contribution is 6.02. The second kappa shape index (κ2) is 17.5. The smallest absolute Gasteiger partial charge is 0.326 e. The fourth-order valence-electron chi connectivity index (χ4n) is 15.9. The number of hydrogen-bond donors (Lipinski definition) is 5. The maximum Gasteiger partial charge on any atom is 0.326 e. The number of esters is 2. The van der Waals surface area contributed by atoms with Gasteiger partial charge in [0, 0.05) is 47.0 Å². The molecular weight excluding hydrogens is 896 g/mol. The minimum Gasteiger partial charge on any atom is -0.458 e. The third-order valence-corrected chi connectivity index (χ3v) is 19.5. The van der Waals surface area contributed by atoms with Crippen LogP contribution >= 0.6 is 0 Å². The number of rotatable bonds is 13. The molecule has 6 unspecified atom stereocenters. The van der Waals surface area contributed by atoms with Gasteiger partial charge in [0.25, 0.3) is 0 Å². The van der Waals surface area contributed by atoms with Crippen molar-refractivity contribution < 1.29 is 72.6 Å². The van der Waals surface area contributed by atoms with Gasteiger partial charge in [-0.2, -0.15) is 0 Å². The van der Waals surface area contributed by atoms with Gasteiger partial charge in [-0.3, -0.25) is 38.4 Å². The number of alkyl halides is 1. The van der Waals surface area contributed by atoms with Gasteiger partial charge >= 0.3 is 11.9 Å². The maximum absolute atomic E-state index is 17.8. The summed E-state index contributed by atoms with van der Waals surface area (Å²) in [6.45, 7) is 6.10. The first-order valence-electron chi connectivity index (χ1n) is 24.4. The number of carbonyl (C=O) groups is 8. The number of halogens is 1. The first kappa shape index (κ1) is 50.7. The lowest BCUT2D eigenvalue weighted by Crippen LogP contribution is -2.69. The average molecular weight is 963 g/mol. The first-order valence-corrected chi connectivity index (χ1v) is 24.4. The zero-order valence-corrected chi connectivity index (χ0v) is 40.3. The molecule has 0 aromatic rings. The number of hydrogen-bond acceptors (Lipinski definition) is 14. The highest BCUT2D eigenvalue weighted by Gasteiger charge is 2.76.